The number of nitriles is 1. The zero-order valence-electron chi connectivity index (χ0n) is 16.2. The summed E-state index contributed by atoms with van der Waals surface area (Å²) < 4.78 is 16.6. The average Bonchev–Trinajstić information content (AvgIpc) is 2.76. The Bertz CT molecular complexity index is 1070. The van der Waals surface area contributed by atoms with Crippen LogP contribution in [0, 0.1) is 11.3 Å². The van der Waals surface area contributed by atoms with Gasteiger partial charge in [0.25, 0.3) is 0 Å². The first-order valence-electron chi connectivity index (χ1n) is 8.95. The van der Waals surface area contributed by atoms with Gasteiger partial charge in [0.15, 0.2) is 11.5 Å². The molecule has 5 heteroatoms. The molecule has 0 bridgehead atoms. The second kappa shape index (κ2) is 9.68. The summed E-state index contributed by atoms with van der Waals surface area (Å²) in [5.74, 6) is 1.86. The van der Waals surface area contributed by atoms with Gasteiger partial charge in [0.05, 0.1) is 25.9 Å². The Kier molecular flexibility index (Phi) is 6.78. The van der Waals surface area contributed by atoms with Gasteiger partial charge in [-0.2, -0.15) is 5.26 Å². The van der Waals surface area contributed by atoms with Crippen LogP contribution in [-0.2, 0) is 6.61 Å². The third-order valence-electron chi connectivity index (χ3n) is 4.32. The van der Waals surface area contributed by atoms with Crippen LogP contribution < -0.4 is 14.2 Å². The van der Waals surface area contributed by atoms with Gasteiger partial charge < -0.3 is 14.2 Å². The first-order chi connectivity index (χ1) is 14.1. The van der Waals surface area contributed by atoms with E-state index in [-0.39, 0.29) is 0 Å². The summed E-state index contributed by atoms with van der Waals surface area (Å²) in [6, 6.07) is 22.8. The number of allylic oxidation sites excluding steroid dienone is 1. The van der Waals surface area contributed by atoms with E-state index in [0.717, 1.165) is 16.7 Å². The van der Waals surface area contributed by atoms with E-state index < -0.39 is 0 Å². The summed E-state index contributed by atoms with van der Waals surface area (Å²) >= 11 is 6.04. The standard InChI is InChI=1S/C24H20ClNO3/c1-27-23-11-10-18(14-24(23)28-2)20(15-26)13-19-7-3-4-9-22(19)29-16-17-6-5-8-21(25)12-17/h3-14H,16H2,1-2H3/b20-13+. The molecule has 29 heavy (non-hydrogen) atoms. The first kappa shape index (κ1) is 20.3. The highest BCUT2D eigenvalue weighted by molar-refractivity contribution is 6.30. The van der Waals surface area contributed by atoms with Crippen molar-refractivity contribution < 1.29 is 14.2 Å². The Morgan fingerprint density at radius 1 is 0.931 bits per heavy atom. The summed E-state index contributed by atoms with van der Waals surface area (Å²) in [5.41, 5.74) is 3.00. The molecule has 0 aromatic heterocycles. The molecule has 0 fully saturated rings. The fourth-order valence-electron chi connectivity index (χ4n) is 2.86. The quantitative estimate of drug-likeness (QED) is 0.357. The van der Waals surface area contributed by atoms with Gasteiger partial charge >= 0.3 is 0 Å². The highest BCUT2D eigenvalue weighted by Gasteiger charge is 2.10. The lowest BCUT2D eigenvalue weighted by atomic mass is 10.0. The molecule has 4 nitrogen and oxygen atoms in total. The Hall–Kier alpha value is -3.42. The van der Waals surface area contributed by atoms with Crippen molar-refractivity contribution in [3.8, 4) is 23.3 Å². The number of para-hydroxylation sites is 1. The molecule has 0 N–H and O–H groups in total. The van der Waals surface area contributed by atoms with Crippen molar-refractivity contribution in [2.24, 2.45) is 0 Å². The molecular formula is C24H20ClNO3. The van der Waals surface area contributed by atoms with E-state index in [1.54, 1.807) is 32.4 Å². The van der Waals surface area contributed by atoms with Gasteiger partial charge in [0.1, 0.15) is 12.4 Å². The van der Waals surface area contributed by atoms with Crippen LogP contribution in [-0.4, -0.2) is 14.2 Å². The molecule has 3 rings (SSSR count). The maximum Gasteiger partial charge on any atom is 0.161 e. The average molecular weight is 406 g/mol. The SMILES string of the molecule is COc1ccc(/C(C#N)=C/c2ccccc2OCc2cccc(Cl)c2)cc1OC. The second-order valence-corrected chi connectivity index (χ2v) is 6.63. The van der Waals surface area contributed by atoms with Crippen molar-refractivity contribution in [3.63, 3.8) is 0 Å². The largest absolute Gasteiger partial charge is 0.493 e. The van der Waals surface area contributed by atoms with E-state index in [2.05, 4.69) is 6.07 Å². The van der Waals surface area contributed by atoms with Crippen LogP contribution in [0.2, 0.25) is 5.02 Å². The number of benzene rings is 3. The molecule has 0 unspecified atom stereocenters. The van der Waals surface area contributed by atoms with Crippen LogP contribution in [0.3, 0.4) is 0 Å². The molecule has 0 spiro atoms. The summed E-state index contributed by atoms with van der Waals surface area (Å²) in [5, 5.41) is 10.4. The summed E-state index contributed by atoms with van der Waals surface area (Å²) in [4.78, 5) is 0. The van der Waals surface area contributed by atoms with E-state index in [4.69, 9.17) is 25.8 Å². The van der Waals surface area contributed by atoms with Crippen LogP contribution in [0.15, 0.2) is 66.7 Å². The third-order valence-corrected chi connectivity index (χ3v) is 4.55. The lowest BCUT2D eigenvalue weighted by molar-refractivity contribution is 0.305. The Morgan fingerprint density at radius 2 is 1.72 bits per heavy atom. The second-order valence-electron chi connectivity index (χ2n) is 6.20. The maximum absolute atomic E-state index is 9.71. The zero-order valence-corrected chi connectivity index (χ0v) is 16.9. The van der Waals surface area contributed by atoms with Crippen molar-refractivity contribution in [2.75, 3.05) is 14.2 Å². The first-order valence-corrected chi connectivity index (χ1v) is 9.33. The predicted octanol–water partition coefficient (Wildman–Crippen LogP) is 6.00. The molecule has 0 saturated carbocycles. The molecule has 3 aromatic rings. The van der Waals surface area contributed by atoms with Crippen molar-refractivity contribution in [1.29, 1.82) is 5.26 Å². The van der Waals surface area contributed by atoms with Crippen molar-refractivity contribution >= 4 is 23.3 Å². The molecule has 3 aromatic carbocycles. The van der Waals surface area contributed by atoms with E-state index in [0.29, 0.717) is 34.5 Å². The fourth-order valence-corrected chi connectivity index (χ4v) is 3.07. The molecule has 0 saturated heterocycles. The van der Waals surface area contributed by atoms with Crippen molar-refractivity contribution in [3.05, 3.63) is 88.4 Å². The van der Waals surface area contributed by atoms with E-state index >= 15 is 0 Å². The molecule has 0 radical (unpaired) electrons. The fraction of sp³-hybridized carbons (Fsp3) is 0.125. The highest BCUT2D eigenvalue weighted by Crippen LogP contribution is 2.32. The van der Waals surface area contributed by atoms with E-state index in [1.807, 2.05) is 54.6 Å². The van der Waals surface area contributed by atoms with E-state index in [9.17, 15) is 5.26 Å². The summed E-state index contributed by atoms with van der Waals surface area (Å²) in [7, 11) is 3.14. The molecule has 0 amide bonds. The molecular weight excluding hydrogens is 386 g/mol. The Labute approximate surface area is 175 Å². The summed E-state index contributed by atoms with van der Waals surface area (Å²) in [6.45, 7) is 0.379. The van der Waals surface area contributed by atoms with E-state index in [1.165, 1.54) is 0 Å². The number of ether oxygens (including phenoxy) is 3. The maximum atomic E-state index is 9.71. The van der Waals surface area contributed by atoms with Crippen molar-refractivity contribution in [1.82, 2.24) is 0 Å². The van der Waals surface area contributed by atoms with Gasteiger partial charge in [-0.3, -0.25) is 0 Å². The van der Waals surface area contributed by atoms with Crippen molar-refractivity contribution in [2.45, 2.75) is 6.61 Å². The van der Waals surface area contributed by atoms with Crippen LogP contribution in [0.4, 0.5) is 0 Å². The topological polar surface area (TPSA) is 51.5 Å². The number of nitrogens with zero attached hydrogens (tertiary/aromatic N) is 1. The highest BCUT2D eigenvalue weighted by atomic mass is 35.5. The van der Waals surface area contributed by atoms with Crippen LogP contribution in [0.25, 0.3) is 11.6 Å². The minimum absolute atomic E-state index is 0.379. The number of methoxy groups -OCH3 is 2. The van der Waals surface area contributed by atoms with Gasteiger partial charge in [0.2, 0.25) is 0 Å². The van der Waals surface area contributed by atoms with Gasteiger partial charge in [0, 0.05) is 10.6 Å². The molecule has 0 aliphatic carbocycles. The van der Waals surface area contributed by atoms with Crippen LogP contribution in [0.1, 0.15) is 16.7 Å². The smallest absolute Gasteiger partial charge is 0.161 e. The van der Waals surface area contributed by atoms with Gasteiger partial charge in [-0.1, -0.05) is 41.9 Å². The lowest BCUT2D eigenvalue weighted by Crippen LogP contribution is -1.97. The normalized spacial score (nSPS) is 10.9. The Morgan fingerprint density at radius 3 is 2.45 bits per heavy atom. The van der Waals surface area contributed by atoms with Crippen LogP contribution in [0.5, 0.6) is 17.2 Å². The van der Waals surface area contributed by atoms with Gasteiger partial charge in [-0.05, 0) is 53.6 Å². The summed E-state index contributed by atoms with van der Waals surface area (Å²) in [6.07, 6.45) is 1.80. The molecule has 0 aliphatic heterocycles. The number of hydrogen-bond acceptors (Lipinski definition) is 4. The molecule has 0 heterocycles. The number of halogens is 1. The third kappa shape index (κ3) is 5.10. The van der Waals surface area contributed by atoms with Gasteiger partial charge in [-0.25, -0.2) is 0 Å². The molecule has 0 atom stereocenters. The minimum Gasteiger partial charge on any atom is -0.493 e. The Balaban J connectivity index is 1.89. The molecule has 0 aliphatic rings. The predicted molar refractivity (Wildman–Crippen MR) is 115 cm³/mol. The number of hydrogen-bond donors (Lipinski definition) is 0. The lowest BCUT2D eigenvalue weighted by Gasteiger charge is -2.11. The van der Waals surface area contributed by atoms with Crippen LogP contribution >= 0.6 is 11.6 Å². The monoisotopic (exact) mass is 405 g/mol. The van der Waals surface area contributed by atoms with Gasteiger partial charge in [-0.15, -0.1) is 0 Å². The minimum atomic E-state index is 0.379. The number of rotatable bonds is 7. The zero-order chi connectivity index (χ0) is 20.6. The molecule has 146 valence electrons.